The number of nitrogens with one attached hydrogen (secondary N) is 2. The average Bonchev–Trinajstić information content (AvgIpc) is 2.71. The zero-order valence-corrected chi connectivity index (χ0v) is 17.5. The number of carbonyl (C=O) groups excluding carboxylic acids is 1. The molecule has 1 fully saturated rings. The van der Waals surface area contributed by atoms with Gasteiger partial charge in [0.2, 0.25) is 0 Å². The van der Waals surface area contributed by atoms with Crippen LogP contribution in [0.1, 0.15) is 13.8 Å². The summed E-state index contributed by atoms with van der Waals surface area (Å²) in [6.07, 6.45) is 0. The lowest BCUT2D eigenvalue weighted by molar-refractivity contribution is -0.892. The van der Waals surface area contributed by atoms with E-state index in [4.69, 9.17) is 11.6 Å². The molecule has 0 aliphatic carbocycles. The molecule has 6 heteroatoms. The van der Waals surface area contributed by atoms with E-state index in [0.717, 1.165) is 50.0 Å². The Labute approximate surface area is 172 Å². The molecule has 0 radical (unpaired) electrons. The Kier molecular flexibility index (Phi) is 7.18. The second kappa shape index (κ2) is 9.80. The van der Waals surface area contributed by atoms with Crippen molar-refractivity contribution in [2.75, 3.05) is 60.9 Å². The van der Waals surface area contributed by atoms with Crippen molar-refractivity contribution in [2.45, 2.75) is 13.8 Å². The number of benzene rings is 2. The van der Waals surface area contributed by atoms with E-state index in [2.05, 4.69) is 53.2 Å². The maximum atomic E-state index is 12.4. The molecule has 5 nitrogen and oxygen atoms in total. The first-order valence-electron chi connectivity index (χ1n) is 10.1. The molecular weight excluding hydrogens is 372 g/mol. The molecule has 0 atom stereocenters. The molecule has 1 heterocycles. The zero-order chi connectivity index (χ0) is 19.9. The molecule has 0 bridgehead atoms. The fraction of sp³-hybridized carbons (Fsp3) is 0.409. The van der Waals surface area contributed by atoms with Crippen LogP contribution in [0.2, 0.25) is 5.02 Å². The lowest BCUT2D eigenvalue weighted by Crippen LogP contribution is -3.15. The summed E-state index contributed by atoms with van der Waals surface area (Å²) in [5, 5.41) is 3.79. The molecule has 1 saturated heterocycles. The lowest BCUT2D eigenvalue weighted by atomic mass is 10.2. The molecule has 0 unspecified atom stereocenters. The van der Waals surface area contributed by atoms with E-state index in [1.165, 1.54) is 16.3 Å². The third-order valence-electron chi connectivity index (χ3n) is 5.35. The van der Waals surface area contributed by atoms with Crippen molar-refractivity contribution < 1.29 is 9.69 Å². The van der Waals surface area contributed by atoms with Crippen molar-refractivity contribution >= 4 is 34.6 Å². The van der Waals surface area contributed by atoms with Crippen molar-refractivity contribution in [1.82, 2.24) is 0 Å². The highest BCUT2D eigenvalue weighted by Crippen LogP contribution is 2.18. The van der Waals surface area contributed by atoms with Gasteiger partial charge in [0.25, 0.3) is 5.91 Å². The number of hydrogen-bond acceptors (Lipinski definition) is 3. The molecule has 0 spiro atoms. The number of hydrogen-bond donors (Lipinski definition) is 2. The van der Waals surface area contributed by atoms with Gasteiger partial charge in [0, 0.05) is 35.2 Å². The van der Waals surface area contributed by atoms with Crippen molar-refractivity contribution in [2.24, 2.45) is 0 Å². The maximum Gasteiger partial charge on any atom is 0.279 e. The molecule has 2 aromatic carbocycles. The first-order chi connectivity index (χ1) is 13.6. The second-order valence-corrected chi connectivity index (χ2v) is 7.59. The molecule has 150 valence electrons. The van der Waals surface area contributed by atoms with Gasteiger partial charge in [-0.05, 0) is 62.4 Å². The summed E-state index contributed by atoms with van der Waals surface area (Å²) in [6, 6.07) is 16.1. The van der Waals surface area contributed by atoms with Crippen LogP contribution in [-0.4, -0.2) is 51.7 Å². The number of rotatable bonds is 7. The number of halogens is 1. The highest BCUT2D eigenvalue weighted by molar-refractivity contribution is 6.30. The first-order valence-corrected chi connectivity index (χ1v) is 10.5. The molecular formula is C22H30ClN4O+. The fourth-order valence-corrected chi connectivity index (χ4v) is 3.81. The fourth-order valence-electron chi connectivity index (χ4n) is 3.69. The number of nitrogens with zero attached hydrogens (tertiary/aromatic N) is 2. The van der Waals surface area contributed by atoms with Crippen LogP contribution in [0.15, 0.2) is 48.5 Å². The van der Waals surface area contributed by atoms with Crippen molar-refractivity contribution in [1.29, 1.82) is 0 Å². The number of quaternary nitrogens is 1. The van der Waals surface area contributed by atoms with E-state index < -0.39 is 0 Å². The van der Waals surface area contributed by atoms with Gasteiger partial charge < -0.3 is 20.0 Å². The highest BCUT2D eigenvalue weighted by Gasteiger charge is 2.22. The summed E-state index contributed by atoms with van der Waals surface area (Å²) in [7, 11) is 0. The van der Waals surface area contributed by atoms with Crippen LogP contribution in [0.5, 0.6) is 0 Å². The minimum absolute atomic E-state index is 0.0746. The molecule has 0 aromatic heterocycles. The quantitative estimate of drug-likeness (QED) is 0.749. The van der Waals surface area contributed by atoms with E-state index in [1.54, 1.807) is 0 Å². The second-order valence-electron chi connectivity index (χ2n) is 7.16. The number of carbonyl (C=O) groups is 1. The SMILES string of the molecule is CCN(CC)c1ccc(NC(=O)C[NH+]2CCN(c3ccc(Cl)cc3)CC2)cc1. The Morgan fingerprint density at radius 3 is 2.21 bits per heavy atom. The van der Waals surface area contributed by atoms with E-state index >= 15 is 0 Å². The van der Waals surface area contributed by atoms with Crippen LogP contribution < -0.4 is 20.0 Å². The van der Waals surface area contributed by atoms with Crippen LogP contribution in [0.25, 0.3) is 0 Å². The van der Waals surface area contributed by atoms with Gasteiger partial charge in [0.15, 0.2) is 6.54 Å². The molecule has 0 saturated carbocycles. The zero-order valence-electron chi connectivity index (χ0n) is 16.7. The molecule has 1 aliphatic rings. The van der Waals surface area contributed by atoms with Gasteiger partial charge in [-0.3, -0.25) is 4.79 Å². The summed E-state index contributed by atoms with van der Waals surface area (Å²) >= 11 is 5.97. The lowest BCUT2D eigenvalue weighted by Gasteiger charge is -2.33. The van der Waals surface area contributed by atoms with Crippen molar-refractivity contribution in [3.05, 3.63) is 53.6 Å². The van der Waals surface area contributed by atoms with E-state index in [9.17, 15) is 4.79 Å². The van der Waals surface area contributed by atoms with Crippen LogP contribution >= 0.6 is 11.6 Å². The molecule has 2 aromatic rings. The average molecular weight is 402 g/mol. The Hall–Kier alpha value is -2.24. The Balaban J connectivity index is 1.46. The molecule has 2 N–H and O–H groups in total. The van der Waals surface area contributed by atoms with Crippen molar-refractivity contribution in [3.63, 3.8) is 0 Å². The molecule has 1 amide bonds. The van der Waals surface area contributed by atoms with Gasteiger partial charge in [-0.15, -0.1) is 0 Å². The van der Waals surface area contributed by atoms with Gasteiger partial charge >= 0.3 is 0 Å². The van der Waals surface area contributed by atoms with Gasteiger partial charge in [0.05, 0.1) is 26.2 Å². The first kappa shape index (κ1) is 20.5. The normalized spacial score (nSPS) is 14.8. The Morgan fingerprint density at radius 2 is 1.64 bits per heavy atom. The van der Waals surface area contributed by atoms with Crippen molar-refractivity contribution in [3.8, 4) is 0 Å². The van der Waals surface area contributed by atoms with Gasteiger partial charge in [-0.2, -0.15) is 0 Å². The topological polar surface area (TPSA) is 40.0 Å². The highest BCUT2D eigenvalue weighted by atomic mass is 35.5. The monoisotopic (exact) mass is 401 g/mol. The minimum Gasteiger partial charge on any atom is -0.372 e. The summed E-state index contributed by atoms with van der Waals surface area (Å²) in [5.41, 5.74) is 3.24. The molecule has 1 aliphatic heterocycles. The van der Waals surface area contributed by atoms with Gasteiger partial charge in [-0.1, -0.05) is 11.6 Å². The predicted molar refractivity (Wildman–Crippen MR) is 118 cm³/mol. The number of anilines is 3. The molecule has 3 rings (SSSR count). The van der Waals surface area contributed by atoms with E-state index in [1.807, 2.05) is 24.3 Å². The number of piperazine rings is 1. The summed E-state index contributed by atoms with van der Waals surface area (Å²) in [5.74, 6) is 0.0746. The third-order valence-corrected chi connectivity index (χ3v) is 5.60. The van der Waals surface area contributed by atoms with Crippen LogP contribution in [0, 0.1) is 0 Å². The maximum absolute atomic E-state index is 12.4. The smallest absolute Gasteiger partial charge is 0.279 e. The Bertz CT molecular complexity index is 751. The Morgan fingerprint density at radius 1 is 1.04 bits per heavy atom. The third kappa shape index (κ3) is 5.40. The van der Waals surface area contributed by atoms with Gasteiger partial charge in [-0.25, -0.2) is 0 Å². The largest absolute Gasteiger partial charge is 0.372 e. The van der Waals surface area contributed by atoms with Crippen LogP contribution in [0.3, 0.4) is 0 Å². The molecule has 28 heavy (non-hydrogen) atoms. The standard InChI is InChI=1S/C22H29ClN4O/c1-3-26(4-2)20-11-7-19(8-12-20)24-22(28)17-25-13-15-27(16-14-25)21-9-5-18(23)6-10-21/h5-12H,3-4,13-17H2,1-2H3,(H,24,28)/p+1. The summed E-state index contributed by atoms with van der Waals surface area (Å²) < 4.78 is 0. The summed E-state index contributed by atoms with van der Waals surface area (Å²) in [4.78, 5) is 18.4. The predicted octanol–water partition coefficient (Wildman–Crippen LogP) is 2.53. The number of amides is 1. The van der Waals surface area contributed by atoms with Crippen LogP contribution in [-0.2, 0) is 4.79 Å². The summed E-state index contributed by atoms with van der Waals surface area (Å²) in [6.45, 7) is 10.6. The van der Waals surface area contributed by atoms with Gasteiger partial charge in [0.1, 0.15) is 0 Å². The van der Waals surface area contributed by atoms with Crippen LogP contribution in [0.4, 0.5) is 17.1 Å². The minimum atomic E-state index is 0.0746. The van der Waals surface area contributed by atoms with E-state index in [-0.39, 0.29) is 5.91 Å². The van der Waals surface area contributed by atoms with E-state index in [0.29, 0.717) is 6.54 Å².